The van der Waals surface area contributed by atoms with Gasteiger partial charge in [0, 0.05) is 24.6 Å². The van der Waals surface area contributed by atoms with E-state index in [2.05, 4.69) is 0 Å². The predicted molar refractivity (Wildman–Crippen MR) is 90.0 cm³/mol. The number of esters is 1. The molecule has 0 aliphatic rings. The molecular weight excluding hydrogens is 308 g/mol. The van der Waals surface area contributed by atoms with Crippen LogP contribution in [0, 0.1) is 0 Å². The Morgan fingerprint density at radius 1 is 1.04 bits per heavy atom. The molecule has 3 rings (SSSR count). The Labute approximate surface area is 138 Å². The van der Waals surface area contributed by atoms with Gasteiger partial charge in [-0.2, -0.15) is 0 Å². The fraction of sp³-hybridized carbons (Fsp3) is 0.158. The highest BCUT2D eigenvalue weighted by Gasteiger charge is 2.08. The Bertz CT molecular complexity index is 912. The highest BCUT2D eigenvalue weighted by Crippen LogP contribution is 2.24. The van der Waals surface area contributed by atoms with Crippen LogP contribution in [0.3, 0.4) is 0 Å². The van der Waals surface area contributed by atoms with Gasteiger partial charge in [0.2, 0.25) is 0 Å². The van der Waals surface area contributed by atoms with Crippen LogP contribution in [-0.4, -0.2) is 19.2 Å². The lowest BCUT2D eigenvalue weighted by Crippen LogP contribution is -2.09. The van der Waals surface area contributed by atoms with Gasteiger partial charge in [-0.15, -0.1) is 0 Å². The fourth-order valence-corrected chi connectivity index (χ4v) is 2.31. The molecule has 1 aromatic heterocycles. The maximum absolute atomic E-state index is 12.3. The van der Waals surface area contributed by atoms with Crippen molar-refractivity contribution in [1.29, 1.82) is 0 Å². The summed E-state index contributed by atoms with van der Waals surface area (Å²) in [6.07, 6.45) is 0. The molecule has 122 valence electrons. The van der Waals surface area contributed by atoms with E-state index in [0.717, 1.165) is 5.56 Å². The molecule has 0 saturated heterocycles. The smallest absolute Gasteiger partial charge is 0.302 e. The van der Waals surface area contributed by atoms with E-state index in [1.165, 1.54) is 13.0 Å². The summed E-state index contributed by atoms with van der Waals surface area (Å²) in [7, 11) is 0. The summed E-state index contributed by atoms with van der Waals surface area (Å²) in [5.41, 5.74) is 1.17. The molecule has 0 unspecified atom stereocenters. The summed E-state index contributed by atoms with van der Waals surface area (Å²) in [5, 5.41) is 0.488. The predicted octanol–water partition coefficient (Wildman–Crippen LogP) is 3.40. The van der Waals surface area contributed by atoms with E-state index in [9.17, 15) is 9.59 Å². The van der Waals surface area contributed by atoms with Gasteiger partial charge < -0.3 is 13.9 Å². The minimum absolute atomic E-state index is 0.110. The van der Waals surface area contributed by atoms with Gasteiger partial charge in [0.05, 0.1) is 5.39 Å². The molecule has 0 N–H and O–H groups in total. The van der Waals surface area contributed by atoms with E-state index in [0.29, 0.717) is 22.5 Å². The lowest BCUT2D eigenvalue weighted by atomic mass is 10.1. The van der Waals surface area contributed by atoms with Gasteiger partial charge in [-0.25, -0.2) is 0 Å². The van der Waals surface area contributed by atoms with Crippen molar-refractivity contribution in [2.45, 2.75) is 6.92 Å². The Kier molecular flexibility index (Phi) is 4.61. The van der Waals surface area contributed by atoms with E-state index in [-0.39, 0.29) is 24.6 Å². The number of carbonyl (C=O) groups is 1. The first-order valence-corrected chi connectivity index (χ1v) is 7.53. The number of rotatable bonds is 5. The first kappa shape index (κ1) is 15.8. The van der Waals surface area contributed by atoms with Crippen molar-refractivity contribution in [1.82, 2.24) is 0 Å². The summed E-state index contributed by atoms with van der Waals surface area (Å²) >= 11 is 0. The van der Waals surface area contributed by atoms with Crippen molar-refractivity contribution in [2.24, 2.45) is 0 Å². The average molecular weight is 324 g/mol. The topological polar surface area (TPSA) is 65.7 Å². The zero-order chi connectivity index (χ0) is 16.9. The van der Waals surface area contributed by atoms with E-state index in [4.69, 9.17) is 13.9 Å². The molecule has 0 amide bonds. The third-order valence-corrected chi connectivity index (χ3v) is 3.42. The summed E-state index contributed by atoms with van der Waals surface area (Å²) in [6.45, 7) is 1.74. The second-order valence-electron chi connectivity index (χ2n) is 5.19. The number of ether oxygens (including phenoxy) is 2. The second-order valence-corrected chi connectivity index (χ2v) is 5.19. The minimum Gasteiger partial charge on any atom is -0.490 e. The van der Waals surface area contributed by atoms with E-state index >= 15 is 0 Å². The van der Waals surface area contributed by atoms with Crippen LogP contribution in [-0.2, 0) is 9.53 Å². The number of benzene rings is 2. The number of carbonyl (C=O) groups excluding carboxylic acids is 1. The molecule has 24 heavy (non-hydrogen) atoms. The van der Waals surface area contributed by atoms with Gasteiger partial charge in [0.25, 0.3) is 0 Å². The lowest BCUT2D eigenvalue weighted by Gasteiger charge is -2.08. The highest BCUT2D eigenvalue weighted by atomic mass is 16.6. The Hall–Kier alpha value is -3.08. The van der Waals surface area contributed by atoms with Gasteiger partial charge in [-0.1, -0.05) is 30.3 Å². The van der Waals surface area contributed by atoms with Crippen molar-refractivity contribution >= 4 is 16.9 Å². The van der Waals surface area contributed by atoms with Crippen molar-refractivity contribution < 1.29 is 18.7 Å². The minimum atomic E-state index is -0.351. The van der Waals surface area contributed by atoms with Crippen LogP contribution in [0.2, 0.25) is 0 Å². The number of hydrogen-bond acceptors (Lipinski definition) is 5. The van der Waals surface area contributed by atoms with E-state index in [1.54, 1.807) is 18.2 Å². The molecule has 1 heterocycles. The molecule has 0 bridgehead atoms. The third kappa shape index (κ3) is 3.63. The van der Waals surface area contributed by atoms with Gasteiger partial charge >= 0.3 is 5.97 Å². The molecule has 3 aromatic rings. The SMILES string of the molecule is CC(=O)OCCOc1ccc2c(=O)cc(-c3ccccc3)oc2c1. The second kappa shape index (κ2) is 7.00. The quantitative estimate of drug-likeness (QED) is 0.531. The summed E-state index contributed by atoms with van der Waals surface area (Å²) < 4.78 is 16.2. The first-order chi connectivity index (χ1) is 11.6. The fourth-order valence-electron chi connectivity index (χ4n) is 2.31. The summed E-state index contributed by atoms with van der Waals surface area (Å²) in [6, 6.07) is 15.9. The number of hydrogen-bond donors (Lipinski definition) is 0. The van der Waals surface area contributed by atoms with Crippen molar-refractivity contribution in [3.63, 3.8) is 0 Å². The van der Waals surface area contributed by atoms with Crippen LogP contribution in [0.25, 0.3) is 22.3 Å². The van der Waals surface area contributed by atoms with E-state index < -0.39 is 0 Å². The average Bonchev–Trinajstić information content (AvgIpc) is 2.59. The van der Waals surface area contributed by atoms with Crippen LogP contribution in [0.1, 0.15) is 6.92 Å². The number of fused-ring (bicyclic) bond motifs is 1. The van der Waals surface area contributed by atoms with Gasteiger partial charge in [0.15, 0.2) is 5.43 Å². The van der Waals surface area contributed by atoms with Crippen LogP contribution in [0.15, 0.2) is 63.8 Å². The molecular formula is C19H16O5. The molecule has 0 aliphatic carbocycles. The standard InChI is InChI=1S/C19H16O5/c1-13(20)22-9-10-23-15-7-8-16-17(21)12-18(24-19(16)11-15)14-5-3-2-4-6-14/h2-8,11-12H,9-10H2,1H3. The molecule has 0 atom stereocenters. The monoisotopic (exact) mass is 324 g/mol. The highest BCUT2D eigenvalue weighted by molar-refractivity contribution is 5.80. The lowest BCUT2D eigenvalue weighted by molar-refractivity contribution is -0.141. The Morgan fingerprint density at radius 2 is 1.83 bits per heavy atom. The normalized spacial score (nSPS) is 10.5. The summed E-state index contributed by atoms with van der Waals surface area (Å²) in [4.78, 5) is 23.0. The zero-order valence-corrected chi connectivity index (χ0v) is 13.2. The Morgan fingerprint density at radius 3 is 2.58 bits per heavy atom. The van der Waals surface area contributed by atoms with Crippen LogP contribution in [0.5, 0.6) is 5.75 Å². The van der Waals surface area contributed by atoms with Crippen molar-refractivity contribution in [3.8, 4) is 17.1 Å². The van der Waals surface area contributed by atoms with Crippen molar-refractivity contribution in [2.75, 3.05) is 13.2 Å². The molecule has 2 aromatic carbocycles. The van der Waals surface area contributed by atoms with Crippen LogP contribution >= 0.6 is 0 Å². The summed E-state index contributed by atoms with van der Waals surface area (Å²) in [5.74, 6) is 0.698. The first-order valence-electron chi connectivity index (χ1n) is 7.53. The molecule has 5 heteroatoms. The maximum atomic E-state index is 12.3. The molecule has 0 radical (unpaired) electrons. The van der Waals surface area contributed by atoms with Crippen molar-refractivity contribution in [3.05, 3.63) is 64.8 Å². The molecule has 0 fully saturated rings. The largest absolute Gasteiger partial charge is 0.490 e. The Balaban J connectivity index is 1.88. The van der Waals surface area contributed by atoms with Crippen LogP contribution < -0.4 is 10.2 Å². The zero-order valence-electron chi connectivity index (χ0n) is 13.2. The molecule has 0 aliphatic heterocycles. The third-order valence-electron chi connectivity index (χ3n) is 3.42. The molecule has 5 nitrogen and oxygen atoms in total. The van der Waals surface area contributed by atoms with E-state index in [1.807, 2.05) is 30.3 Å². The molecule has 0 spiro atoms. The molecule has 0 saturated carbocycles. The maximum Gasteiger partial charge on any atom is 0.302 e. The van der Waals surface area contributed by atoms with Crippen LogP contribution in [0.4, 0.5) is 0 Å². The van der Waals surface area contributed by atoms with Gasteiger partial charge in [0.1, 0.15) is 30.3 Å². The van der Waals surface area contributed by atoms with Gasteiger partial charge in [-0.05, 0) is 12.1 Å². The van der Waals surface area contributed by atoms with Gasteiger partial charge in [-0.3, -0.25) is 9.59 Å².